The van der Waals surface area contributed by atoms with Crippen LogP contribution < -0.4 is 5.73 Å². The van der Waals surface area contributed by atoms with Gasteiger partial charge in [-0.05, 0) is 25.0 Å². The fourth-order valence-electron chi connectivity index (χ4n) is 1.75. The predicted molar refractivity (Wildman–Crippen MR) is 71.4 cm³/mol. The van der Waals surface area contributed by atoms with E-state index in [1.165, 1.54) is 0 Å². The Morgan fingerprint density at radius 1 is 1.25 bits per heavy atom. The van der Waals surface area contributed by atoms with Crippen molar-refractivity contribution < 1.29 is 24.2 Å². The second-order valence-electron chi connectivity index (χ2n) is 4.51. The molecule has 0 aliphatic rings. The lowest BCUT2D eigenvalue weighted by Crippen LogP contribution is -2.36. The highest BCUT2D eigenvalue weighted by Crippen LogP contribution is 2.14. The number of carbonyl (C=O) groups excluding carboxylic acids is 2. The largest absolute Gasteiger partial charge is 0.481 e. The minimum absolute atomic E-state index is 0.409. The van der Waals surface area contributed by atoms with Crippen LogP contribution in [0.3, 0.4) is 0 Å². The van der Waals surface area contributed by atoms with Gasteiger partial charge in [0.05, 0.1) is 18.0 Å². The number of carbonyl (C=O) groups is 3. The number of carboxylic acids is 1. The quantitative estimate of drug-likeness (QED) is 0.747. The fourth-order valence-corrected chi connectivity index (χ4v) is 1.75. The predicted octanol–water partition coefficient (Wildman–Crippen LogP) is 0.831. The van der Waals surface area contributed by atoms with Crippen LogP contribution in [0.25, 0.3) is 0 Å². The molecule has 0 spiro atoms. The summed E-state index contributed by atoms with van der Waals surface area (Å²) < 4.78 is 4.89. The number of nitrogens with two attached hydrogens (primary N) is 1. The van der Waals surface area contributed by atoms with Crippen molar-refractivity contribution in [1.82, 2.24) is 0 Å². The molecule has 6 nitrogen and oxygen atoms in total. The van der Waals surface area contributed by atoms with Crippen LogP contribution in [0.1, 0.15) is 27.9 Å². The molecule has 0 unspecified atom stereocenters. The molecule has 1 atom stereocenters. The number of benzene rings is 1. The van der Waals surface area contributed by atoms with Crippen LogP contribution in [0.2, 0.25) is 0 Å². The zero-order valence-electron chi connectivity index (χ0n) is 11.4. The summed E-state index contributed by atoms with van der Waals surface area (Å²) in [6, 6.07) is 4.18. The van der Waals surface area contributed by atoms with Crippen molar-refractivity contribution >= 4 is 17.7 Å². The Kier molecular flexibility index (Phi) is 5.40. The molecule has 3 N–H and O–H groups in total. The lowest BCUT2D eigenvalue weighted by molar-refractivity contribution is -0.139. The first-order valence-electron chi connectivity index (χ1n) is 6.06. The van der Waals surface area contributed by atoms with E-state index >= 15 is 0 Å². The molecule has 1 aromatic carbocycles. The van der Waals surface area contributed by atoms with Gasteiger partial charge < -0.3 is 15.6 Å². The van der Waals surface area contributed by atoms with Crippen molar-refractivity contribution in [3.05, 3.63) is 34.9 Å². The van der Waals surface area contributed by atoms with Gasteiger partial charge >= 0.3 is 11.9 Å². The van der Waals surface area contributed by atoms with Crippen LogP contribution >= 0.6 is 0 Å². The average molecular weight is 279 g/mol. The van der Waals surface area contributed by atoms with E-state index in [0.717, 1.165) is 11.1 Å². The van der Waals surface area contributed by atoms with Crippen molar-refractivity contribution in [2.75, 3.05) is 6.61 Å². The minimum atomic E-state index is -1.17. The van der Waals surface area contributed by atoms with E-state index in [1.54, 1.807) is 26.0 Å². The summed E-state index contributed by atoms with van der Waals surface area (Å²) in [5.74, 6) is -2.41. The molecule has 20 heavy (non-hydrogen) atoms. The second-order valence-corrected chi connectivity index (χ2v) is 4.51. The maximum Gasteiger partial charge on any atom is 0.339 e. The van der Waals surface area contributed by atoms with E-state index in [9.17, 15) is 14.4 Å². The smallest absolute Gasteiger partial charge is 0.339 e. The third kappa shape index (κ3) is 4.17. The van der Waals surface area contributed by atoms with Crippen molar-refractivity contribution in [2.24, 2.45) is 5.73 Å². The van der Waals surface area contributed by atoms with Crippen LogP contribution in [-0.2, 0) is 14.3 Å². The molecule has 6 heteroatoms. The van der Waals surface area contributed by atoms with Gasteiger partial charge in [-0.15, -0.1) is 0 Å². The van der Waals surface area contributed by atoms with E-state index in [0.29, 0.717) is 5.56 Å². The van der Waals surface area contributed by atoms with Crippen LogP contribution in [-0.4, -0.2) is 35.5 Å². The summed E-state index contributed by atoms with van der Waals surface area (Å²) in [5, 5.41) is 8.52. The van der Waals surface area contributed by atoms with Gasteiger partial charge in [-0.3, -0.25) is 9.59 Å². The van der Waals surface area contributed by atoms with E-state index in [1.807, 2.05) is 6.07 Å². The number of ether oxygens (including phenoxy) is 1. The Morgan fingerprint density at radius 2 is 1.80 bits per heavy atom. The maximum atomic E-state index is 11.9. The first-order valence-corrected chi connectivity index (χ1v) is 6.06. The van der Waals surface area contributed by atoms with Gasteiger partial charge in [-0.2, -0.15) is 0 Å². The number of rotatable bonds is 6. The monoisotopic (exact) mass is 279 g/mol. The third-order valence-electron chi connectivity index (χ3n) is 2.84. The molecular weight excluding hydrogens is 262 g/mol. The Hall–Kier alpha value is -2.21. The molecule has 108 valence electrons. The lowest BCUT2D eigenvalue weighted by Gasteiger charge is -2.11. The first-order chi connectivity index (χ1) is 9.32. The van der Waals surface area contributed by atoms with Gasteiger partial charge in [0.25, 0.3) is 0 Å². The highest BCUT2D eigenvalue weighted by Gasteiger charge is 2.20. The summed E-state index contributed by atoms with van der Waals surface area (Å²) >= 11 is 0. The first kappa shape index (κ1) is 15.8. The van der Waals surface area contributed by atoms with Crippen LogP contribution in [0.15, 0.2) is 18.2 Å². The number of Topliss-reactive ketones (excluding diaryl/α,β-unsaturated/α-hetero) is 1. The zero-order valence-corrected chi connectivity index (χ0v) is 11.4. The van der Waals surface area contributed by atoms with Gasteiger partial charge in [0.15, 0.2) is 12.4 Å². The Bertz CT molecular complexity index is 518. The number of hydrogen-bond donors (Lipinski definition) is 2. The molecule has 0 saturated heterocycles. The van der Waals surface area contributed by atoms with Crippen molar-refractivity contribution in [3.63, 3.8) is 0 Å². The van der Waals surface area contributed by atoms with E-state index < -0.39 is 36.8 Å². The van der Waals surface area contributed by atoms with Crippen LogP contribution in [0.5, 0.6) is 0 Å². The number of ketones is 1. The number of esters is 1. The Labute approximate surface area is 116 Å². The molecule has 0 bridgehead atoms. The fraction of sp³-hybridized carbons (Fsp3) is 0.357. The summed E-state index contributed by atoms with van der Waals surface area (Å²) in [7, 11) is 0. The van der Waals surface area contributed by atoms with Gasteiger partial charge in [0.2, 0.25) is 0 Å². The van der Waals surface area contributed by atoms with Crippen LogP contribution in [0.4, 0.5) is 0 Å². The molecule has 0 heterocycles. The van der Waals surface area contributed by atoms with Crippen molar-refractivity contribution in [1.29, 1.82) is 0 Å². The number of aliphatic carboxylic acids is 1. The Morgan fingerprint density at radius 3 is 2.30 bits per heavy atom. The minimum Gasteiger partial charge on any atom is -0.481 e. The molecule has 0 radical (unpaired) electrons. The van der Waals surface area contributed by atoms with E-state index in [2.05, 4.69) is 0 Å². The highest BCUT2D eigenvalue weighted by molar-refractivity contribution is 5.95. The van der Waals surface area contributed by atoms with Crippen molar-refractivity contribution in [2.45, 2.75) is 26.3 Å². The molecule has 0 aromatic heterocycles. The summed E-state index contributed by atoms with van der Waals surface area (Å²) in [6.07, 6.45) is -0.486. The summed E-state index contributed by atoms with van der Waals surface area (Å²) in [4.78, 5) is 33.8. The Balaban J connectivity index is 2.64. The van der Waals surface area contributed by atoms with E-state index in [-0.39, 0.29) is 0 Å². The SMILES string of the molecule is Cc1cccc(C)c1C(=O)OCC(=O)[C@@H](N)CC(=O)O. The lowest BCUT2D eigenvalue weighted by atomic mass is 10.0. The highest BCUT2D eigenvalue weighted by atomic mass is 16.5. The van der Waals surface area contributed by atoms with Crippen molar-refractivity contribution in [3.8, 4) is 0 Å². The van der Waals surface area contributed by atoms with Crippen LogP contribution in [0, 0.1) is 13.8 Å². The summed E-state index contributed by atoms with van der Waals surface area (Å²) in [6.45, 7) is 3.00. The normalized spacial score (nSPS) is 11.8. The van der Waals surface area contributed by atoms with Gasteiger partial charge in [-0.1, -0.05) is 18.2 Å². The van der Waals surface area contributed by atoms with Gasteiger partial charge in [0, 0.05) is 0 Å². The molecule has 0 amide bonds. The zero-order chi connectivity index (χ0) is 15.3. The van der Waals surface area contributed by atoms with Gasteiger partial charge in [0.1, 0.15) is 0 Å². The topological polar surface area (TPSA) is 107 Å². The molecular formula is C14H17NO5. The molecule has 0 fully saturated rings. The third-order valence-corrected chi connectivity index (χ3v) is 2.84. The van der Waals surface area contributed by atoms with Gasteiger partial charge in [-0.25, -0.2) is 4.79 Å². The standard InChI is InChI=1S/C14H17NO5/c1-8-4-3-5-9(2)13(8)14(19)20-7-11(16)10(15)6-12(17)18/h3-5,10H,6-7,15H2,1-2H3,(H,17,18)/t10-/m0/s1. The molecule has 0 saturated carbocycles. The number of hydrogen-bond acceptors (Lipinski definition) is 5. The molecule has 0 aliphatic heterocycles. The average Bonchev–Trinajstić information content (AvgIpc) is 2.34. The molecule has 1 aromatic rings. The maximum absolute atomic E-state index is 11.9. The second kappa shape index (κ2) is 6.81. The molecule has 1 rings (SSSR count). The number of aryl methyl sites for hydroxylation is 2. The number of carboxylic acid groups (broad SMARTS) is 1. The summed E-state index contributed by atoms with van der Waals surface area (Å²) in [5.41, 5.74) is 7.29. The molecule has 0 aliphatic carbocycles. The van der Waals surface area contributed by atoms with E-state index in [4.69, 9.17) is 15.6 Å².